The Bertz CT molecular complexity index is 459. The van der Waals surface area contributed by atoms with Crippen molar-refractivity contribution in [2.75, 3.05) is 20.3 Å². The Morgan fingerprint density at radius 2 is 1.64 bits per heavy atom. The maximum Gasteiger partial charge on any atom is 0.303 e. The molecule has 1 aromatic rings. The molecule has 7 heteroatoms. The van der Waals surface area contributed by atoms with Crippen LogP contribution in [0.1, 0.15) is 18.4 Å². The van der Waals surface area contributed by atoms with Crippen LogP contribution in [0.5, 0.6) is 5.75 Å². The lowest BCUT2D eigenvalue weighted by atomic mass is 9.85. The monoisotopic (exact) mass is 314 g/mol. The number of carbonyl (C=O) groups excluding carboxylic acids is 1. The average Bonchev–Trinajstić information content (AvgIpc) is 2.53. The van der Waals surface area contributed by atoms with Crippen molar-refractivity contribution in [1.29, 1.82) is 0 Å². The largest absolute Gasteiger partial charge is 0.497 e. The van der Waals surface area contributed by atoms with Gasteiger partial charge in [-0.2, -0.15) is 0 Å². The first-order valence-corrected chi connectivity index (χ1v) is 6.83. The molecule has 4 N–H and O–H groups in total. The minimum absolute atomic E-state index is 0.529. The lowest BCUT2D eigenvalue weighted by Crippen LogP contribution is -2.44. The summed E-state index contributed by atoms with van der Waals surface area (Å²) in [7, 11) is 1.51. The van der Waals surface area contributed by atoms with E-state index < -0.39 is 43.4 Å². The third-order valence-electron chi connectivity index (χ3n) is 3.32. The van der Waals surface area contributed by atoms with E-state index in [-0.39, 0.29) is 0 Å². The normalized spacial score (nSPS) is 16.5. The second-order valence-electron chi connectivity index (χ2n) is 4.87. The van der Waals surface area contributed by atoms with Crippen LogP contribution in [0.15, 0.2) is 24.3 Å². The molecule has 0 radical (unpaired) electrons. The minimum Gasteiger partial charge on any atom is -0.497 e. The number of hydrogen-bond acceptors (Lipinski definition) is 7. The van der Waals surface area contributed by atoms with Gasteiger partial charge in [-0.05, 0) is 17.7 Å². The van der Waals surface area contributed by atoms with Crippen LogP contribution in [0.2, 0.25) is 0 Å². The molecule has 1 aromatic carbocycles. The number of methoxy groups -OCH3 is 1. The first kappa shape index (κ1) is 18.4. The Morgan fingerprint density at radius 1 is 1.09 bits per heavy atom. The van der Waals surface area contributed by atoms with E-state index >= 15 is 0 Å². The fourth-order valence-corrected chi connectivity index (χ4v) is 2.26. The van der Waals surface area contributed by atoms with Gasteiger partial charge in [-0.15, -0.1) is 0 Å². The number of carbonyl (C=O) groups is 1. The van der Waals surface area contributed by atoms with Crippen molar-refractivity contribution in [1.82, 2.24) is 0 Å². The molecule has 0 saturated heterocycles. The SMILES string of the molecule is COc1ccc([C@@H]([C@H](OC(C)=O)[C@H](O)CO)[C@H](O)CO)cc1. The molecule has 0 unspecified atom stereocenters. The van der Waals surface area contributed by atoms with Gasteiger partial charge in [0.1, 0.15) is 18.0 Å². The Balaban J connectivity index is 3.19. The Morgan fingerprint density at radius 3 is 2.05 bits per heavy atom. The van der Waals surface area contributed by atoms with Gasteiger partial charge in [0.05, 0.1) is 32.3 Å². The number of esters is 1. The van der Waals surface area contributed by atoms with Crippen LogP contribution in [-0.4, -0.2) is 65.0 Å². The van der Waals surface area contributed by atoms with E-state index in [1.54, 1.807) is 24.3 Å². The number of aliphatic hydroxyl groups is 4. The predicted molar refractivity (Wildman–Crippen MR) is 77.5 cm³/mol. The van der Waals surface area contributed by atoms with Crippen LogP contribution in [-0.2, 0) is 9.53 Å². The standard InChI is InChI=1S/C15H22O7/c1-9(18)22-15(13(20)8-17)14(12(19)7-16)10-3-5-11(21-2)6-4-10/h3-6,12-17,19-20H,7-8H2,1-2H3/t12-,13-,14-,15-/m1/s1. The molecule has 7 nitrogen and oxygen atoms in total. The van der Waals surface area contributed by atoms with Crippen molar-refractivity contribution in [3.63, 3.8) is 0 Å². The van der Waals surface area contributed by atoms with Crippen molar-refractivity contribution < 1.29 is 34.7 Å². The lowest BCUT2D eigenvalue weighted by molar-refractivity contribution is -0.159. The zero-order valence-corrected chi connectivity index (χ0v) is 12.5. The zero-order valence-electron chi connectivity index (χ0n) is 12.5. The van der Waals surface area contributed by atoms with Gasteiger partial charge < -0.3 is 29.9 Å². The van der Waals surface area contributed by atoms with Gasteiger partial charge in [0.25, 0.3) is 0 Å². The van der Waals surface area contributed by atoms with E-state index in [2.05, 4.69) is 0 Å². The molecule has 22 heavy (non-hydrogen) atoms. The first-order valence-electron chi connectivity index (χ1n) is 6.83. The van der Waals surface area contributed by atoms with Crippen LogP contribution in [0.25, 0.3) is 0 Å². The quantitative estimate of drug-likeness (QED) is 0.474. The molecule has 4 atom stereocenters. The van der Waals surface area contributed by atoms with Gasteiger partial charge in [-0.3, -0.25) is 4.79 Å². The van der Waals surface area contributed by atoms with E-state index in [1.165, 1.54) is 7.11 Å². The molecule has 0 spiro atoms. The first-order chi connectivity index (χ1) is 10.4. The number of benzene rings is 1. The molecule has 1 rings (SSSR count). The smallest absolute Gasteiger partial charge is 0.303 e. The summed E-state index contributed by atoms with van der Waals surface area (Å²) in [4.78, 5) is 11.2. The maximum absolute atomic E-state index is 11.2. The molecule has 0 aromatic heterocycles. The molecule has 0 amide bonds. The third-order valence-corrected chi connectivity index (χ3v) is 3.32. The van der Waals surface area contributed by atoms with Gasteiger partial charge in [0.2, 0.25) is 0 Å². The summed E-state index contributed by atoms with van der Waals surface area (Å²) in [5.41, 5.74) is 0.529. The number of hydrogen-bond donors (Lipinski definition) is 4. The summed E-state index contributed by atoms with van der Waals surface area (Å²) in [6.07, 6.45) is -3.87. The van der Waals surface area contributed by atoms with Crippen molar-refractivity contribution in [3.05, 3.63) is 29.8 Å². The molecule has 0 aliphatic carbocycles. The second kappa shape index (κ2) is 8.70. The lowest BCUT2D eigenvalue weighted by Gasteiger charge is -2.32. The van der Waals surface area contributed by atoms with Gasteiger partial charge >= 0.3 is 5.97 Å². The fraction of sp³-hybridized carbons (Fsp3) is 0.533. The average molecular weight is 314 g/mol. The minimum atomic E-state index is -1.39. The summed E-state index contributed by atoms with van der Waals surface area (Å²) in [6, 6.07) is 6.54. The van der Waals surface area contributed by atoms with Crippen LogP contribution >= 0.6 is 0 Å². The van der Waals surface area contributed by atoms with Crippen molar-refractivity contribution in [2.24, 2.45) is 0 Å². The van der Waals surface area contributed by atoms with E-state index in [0.717, 1.165) is 6.92 Å². The Labute approximate surface area is 128 Å². The van der Waals surface area contributed by atoms with E-state index in [0.29, 0.717) is 11.3 Å². The number of aliphatic hydroxyl groups excluding tert-OH is 4. The molecule has 0 bridgehead atoms. The van der Waals surface area contributed by atoms with Crippen LogP contribution < -0.4 is 4.74 Å². The Hall–Kier alpha value is -1.67. The zero-order chi connectivity index (χ0) is 16.7. The Kier molecular flexibility index (Phi) is 7.26. The molecular formula is C15H22O7. The third kappa shape index (κ3) is 4.67. The molecule has 0 fully saturated rings. The van der Waals surface area contributed by atoms with Crippen molar-refractivity contribution in [3.8, 4) is 5.75 Å². The summed E-state index contributed by atoms with van der Waals surface area (Å²) in [5.74, 6) is -0.976. The molecular weight excluding hydrogens is 292 g/mol. The highest BCUT2D eigenvalue weighted by Crippen LogP contribution is 2.29. The van der Waals surface area contributed by atoms with Gasteiger partial charge in [-0.25, -0.2) is 0 Å². The van der Waals surface area contributed by atoms with Crippen molar-refractivity contribution in [2.45, 2.75) is 31.2 Å². The van der Waals surface area contributed by atoms with Crippen LogP contribution in [0.4, 0.5) is 0 Å². The topological polar surface area (TPSA) is 116 Å². The van der Waals surface area contributed by atoms with E-state index in [1.807, 2.05) is 0 Å². The highest BCUT2D eigenvalue weighted by molar-refractivity contribution is 5.66. The molecule has 0 aliphatic heterocycles. The molecule has 0 aliphatic rings. The van der Waals surface area contributed by atoms with Crippen LogP contribution in [0, 0.1) is 0 Å². The summed E-state index contributed by atoms with van der Waals surface area (Å²) in [6.45, 7) is -0.0805. The van der Waals surface area contributed by atoms with E-state index in [4.69, 9.17) is 14.6 Å². The molecule has 0 heterocycles. The summed E-state index contributed by atoms with van der Waals surface area (Å²) >= 11 is 0. The highest BCUT2D eigenvalue weighted by atomic mass is 16.6. The predicted octanol–water partition coefficient (Wildman–Crippen LogP) is -0.583. The molecule has 0 saturated carbocycles. The second-order valence-corrected chi connectivity index (χ2v) is 4.87. The van der Waals surface area contributed by atoms with Gasteiger partial charge in [0.15, 0.2) is 0 Å². The summed E-state index contributed by atoms with van der Waals surface area (Å²) < 4.78 is 10.1. The molecule has 124 valence electrons. The van der Waals surface area contributed by atoms with Crippen molar-refractivity contribution >= 4 is 5.97 Å². The van der Waals surface area contributed by atoms with E-state index in [9.17, 15) is 20.1 Å². The fourth-order valence-electron chi connectivity index (χ4n) is 2.26. The van der Waals surface area contributed by atoms with Gasteiger partial charge in [-0.1, -0.05) is 12.1 Å². The number of ether oxygens (including phenoxy) is 2. The highest BCUT2D eigenvalue weighted by Gasteiger charge is 2.36. The van der Waals surface area contributed by atoms with Gasteiger partial charge in [0, 0.05) is 6.92 Å². The van der Waals surface area contributed by atoms with Crippen LogP contribution in [0.3, 0.4) is 0 Å². The number of rotatable bonds is 8. The summed E-state index contributed by atoms with van der Waals surface area (Å²) in [5, 5.41) is 38.3. The maximum atomic E-state index is 11.2.